The molecule has 0 fully saturated rings. The topological polar surface area (TPSA) is 80.1 Å². The van der Waals surface area contributed by atoms with Crippen LogP contribution in [-0.2, 0) is 11.3 Å². The van der Waals surface area contributed by atoms with E-state index < -0.39 is 6.10 Å². The van der Waals surface area contributed by atoms with E-state index in [0.29, 0.717) is 30.7 Å². The second-order valence-electron chi connectivity index (χ2n) is 3.18. The lowest BCUT2D eigenvalue weighted by molar-refractivity contribution is 0.0551. The molecule has 1 unspecified atom stereocenters. The van der Waals surface area contributed by atoms with Crippen molar-refractivity contribution in [3.63, 3.8) is 0 Å². The van der Waals surface area contributed by atoms with Gasteiger partial charge in [0.1, 0.15) is 0 Å². The first-order chi connectivity index (χ1) is 7.69. The summed E-state index contributed by atoms with van der Waals surface area (Å²) in [7, 11) is 0. The van der Waals surface area contributed by atoms with Gasteiger partial charge in [0.25, 0.3) is 0 Å². The van der Waals surface area contributed by atoms with Crippen molar-refractivity contribution in [2.24, 2.45) is 0 Å². The lowest BCUT2D eigenvalue weighted by Crippen LogP contribution is -2.19. The van der Waals surface area contributed by atoms with Gasteiger partial charge >= 0.3 is 5.69 Å². The van der Waals surface area contributed by atoms with Crippen LogP contribution in [0.2, 0.25) is 0 Å². The Bertz CT molecular complexity index is 363. The first-order valence-electron chi connectivity index (χ1n) is 5.22. The number of aliphatic hydroxyl groups excluding tert-OH is 1. The number of hydrogen-bond donors (Lipinski definition) is 2. The molecule has 0 aliphatic rings. The van der Waals surface area contributed by atoms with Crippen molar-refractivity contribution < 1.29 is 9.84 Å². The molecule has 6 nitrogen and oxygen atoms in total. The molecule has 1 aromatic rings. The van der Waals surface area contributed by atoms with Gasteiger partial charge in [-0.25, -0.2) is 9.89 Å². The summed E-state index contributed by atoms with van der Waals surface area (Å²) in [5.41, 5.74) is -0.218. The van der Waals surface area contributed by atoms with E-state index >= 15 is 0 Å². The lowest BCUT2D eigenvalue weighted by Gasteiger charge is -2.09. The summed E-state index contributed by atoms with van der Waals surface area (Å²) in [5.74, 6) is 0.463. The number of H-pyrrole nitrogens is 1. The summed E-state index contributed by atoms with van der Waals surface area (Å²) in [4.78, 5) is 11.2. The fraction of sp³-hybridized carbons (Fsp3) is 0.778. The van der Waals surface area contributed by atoms with E-state index in [1.54, 1.807) is 0 Å². The van der Waals surface area contributed by atoms with Gasteiger partial charge in [0.15, 0.2) is 5.16 Å². The van der Waals surface area contributed by atoms with Crippen molar-refractivity contribution >= 4 is 11.8 Å². The third-order valence-electron chi connectivity index (χ3n) is 1.96. The average Bonchev–Trinajstić information content (AvgIpc) is 2.64. The second-order valence-corrected chi connectivity index (χ2v) is 4.17. The Morgan fingerprint density at radius 2 is 2.38 bits per heavy atom. The summed E-state index contributed by atoms with van der Waals surface area (Å²) in [6.07, 6.45) is -0.540. The molecule has 1 rings (SSSR count). The molecule has 7 heteroatoms. The highest BCUT2D eigenvalue weighted by Crippen LogP contribution is 2.14. The zero-order valence-electron chi connectivity index (χ0n) is 9.47. The molecular formula is C9H17N3O3S. The largest absolute Gasteiger partial charge is 0.390 e. The van der Waals surface area contributed by atoms with E-state index in [4.69, 9.17) is 4.74 Å². The van der Waals surface area contributed by atoms with Gasteiger partial charge in [-0.3, -0.25) is 4.57 Å². The molecule has 0 radical (unpaired) electrons. The van der Waals surface area contributed by atoms with E-state index in [9.17, 15) is 9.90 Å². The molecule has 16 heavy (non-hydrogen) atoms. The van der Waals surface area contributed by atoms with Gasteiger partial charge in [-0.2, -0.15) is 0 Å². The van der Waals surface area contributed by atoms with E-state index in [-0.39, 0.29) is 5.69 Å². The predicted molar refractivity (Wildman–Crippen MR) is 61.7 cm³/mol. The Balaban J connectivity index is 2.45. The third kappa shape index (κ3) is 3.66. The maximum atomic E-state index is 11.2. The predicted octanol–water partition coefficient (Wildman–Crippen LogP) is 0.0808. The summed E-state index contributed by atoms with van der Waals surface area (Å²) < 4.78 is 6.61. The zero-order chi connectivity index (χ0) is 12.0. The van der Waals surface area contributed by atoms with Gasteiger partial charge in [0.2, 0.25) is 0 Å². The first kappa shape index (κ1) is 13.3. The number of rotatable bonds is 7. The third-order valence-corrected chi connectivity index (χ3v) is 3.08. The van der Waals surface area contributed by atoms with Crippen molar-refractivity contribution in [2.45, 2.75) is 31.7 Å². The minimum atomic E-state index is -0.540. The van der Waals surface area contributed by atoms with Gasteiger partial charge in [0, 0.05) is 18.9 Å². The minimum absolute atomic E-state index is 0.218. The average molecular weight is 247 g/mol. The van der Waals surface area contributed by atoms with Gasteiger partial charge in [-0.05, 0) is 13.8 Å². The van der Waals surface area contributed by atoms with E-state index in [2.05, 4.69) is 10.2 Å². The van der Waals surface area contributed by atoms with E-state index in [1.165, 1.54) is 16.3 Å². The van der Waals surface area contributed by atoms with Crippen molar-refractivity contribution in [3.8, 4) is 0 Å². The van der Waals surface area contributed by atoms with Gasteiger partial charge in [0.05, 0.1) is 12.7 Å². The fourth-order valence-electron chi connectivity index (χ4n) is 1.17. The van der Waals surface area contributed by atoms with Crippen molar-refractivity contribution in [2.75, 3.05) is 19.0 Å². The first-order valence-corrected chi connectivity index (χ1v) is 6.21. The molecule has 0 aromatic carbocycles. The molecule has 0 saturated carbocycles. The maximum absolute atomic E-state index is 11.2. The molecule has 0 bridgehead atoms. The van der Waals surface area contributed by atoms with Crippen molar-refractivity contribution in [1.82, 2.24) is 14.8 Å². The number of nitrogens with one attached hydrogen (secondary N) is 1. The molecule has 2 N–H and O–H groups in total. The van der Waals surface area contributed by atoms with Gasteiger partial charge < -0.3 is 9.84 Å². The number of ether oxygens (including phenoxy) is 1. The molecule has 1 heterocycles. The highest BCUT2D eigenvalue weighted by molar-refractivity contribution is 7.99. The molecule has 0 aliphatic carbocycles. The van der Waals surface area contributed by atoms with Gasteiger partial charge in [-0.1, -0.05) is 11.8 Å². The van der Waals surface area contributed by atoms with Crippen LogP contribution in [0, 0.1) is 0 Å². The number of aromatic nitrogens is 3. The monoisotopic (exact) mass is 247 g/mol. The van der Waals surface area contributed by atoms with Crippen LogP contribution in [0.5, 0.6) is 0 Å². The number of hydrogen-bond acceptors (Lipinski definition) is 5. The summed E-state index contributed by atoms with van der Waals surface area (Å²) >= 11 is 1.34. The SMILES string of the molecule is CCOCC(O)CSc1n[nH]c(=O)n1CC. The molecule has 1 atom stereocenters. The Morgan fingerprint density at radius 1 is 1.62 bits per heavy atom. The Morgan fingerprint density at radius 3 is 3.00 bits per heavy atom. The number of nitrogens with zero attached hydrogens (tertiary/aromatic N) is 2. The van der Waals surface area contributed by atoms with Crippen LogP contribution in [0.3, 0.4) is 0 Å². The smallest absolute Gasteiger partial charge is 0.343 e. The number of aliphatic hydroxyl groups is 1. The quantitative estimate of drug-likeness (QED) is 0.667. The van der Waals surface area contributed by atoms with Crippen LogP contribution in [0.4, 0.5) is 0 Å². The highest BCUT2D eigenvalue weighted by atomic mass is 32.2. The molecule has 0 saturated heterocycles. The maximum Gasteiger partial charge on any atom is 0.343 e. The van der Waals surface area contributed by atoms with E-state index in [1.807, 2.05) is 13.8 Å². The number of aromatic amines is 1. The Kier molecular flexibility index (Phi) is 5.58. The standard InChI is InChI=1S/C9H17N3O3S/c1-3-12-8(14)10-11-9(12)16-6-7(13)5-15-4-2/h7,13H,3-6H2,1-2H3,(H,10,14). The summed E-state index contributed by atoms with van der Waals surface area (Å²) in [6, 6.07) is 0. The van der Waals surface area contributed by atoms with Crippen LogP contribution in [0.25, 0.3) is 0 Å². The molecular weight excluding hydrogens is 230 g/mol. The fourth-order valence-corrected chi connectivity index (χ4v) is 2.08. The van der Waals surface area contributed by atoms with Crippen LogP contribution in [-0.4, -0.2) is 44.9 Å². The van der Waals surface area contributed by atoms with Gasteiger partial charge in [-0.15, -0.1) is 5.10 Å². The van der Waals surface area contributed by atoms with E-state index in [0.717, 1.165) is 0 Å². The molecule has 0 amide bonds. The Labute approximate surface area is 98.0 Å². The molecule has 0 aliphatic heterocycles. The van der Waals surface area contributed by atoms with Crippen LogP contribution in [0.1, 0.15) is 13.8 Å². The Hall–Kier alpha value is -0.790. The summed E-state index contributed by atoms with van der Waals surface area (Å²) in [6.45, 7) is 5.22. The lowest BCUT2D eigenvalue weighted by atomic mass is 10.4. The highest BCUT2D eigenvalue weighted by Gasteiger charge is 2.10. The second kappa shape index (κ2) is 6.72. The van der Waals surface area contributed by atoms with Crippen LogP contribution in [0.15, 0.2) is 9.95 Å². The molecule has 92 valence electrons. The summed E-state index contributed by atoms with van der Waals surface area (Å²) in [5, 5.41) is 16.4. The van der Waals surface area contributed by atoms with Crippen molar-refractivity contribution in [1.29, 1.82) is 0 Å². The van der Waals surface area contributed by atoms with Crippen molar-refractivity contribution in [3.05, 3.63) is 10.5 Å². The van der Waals surface area contributed by atoms with Crippen LogP contribution < -0.4 is 5.69 Å². The molecule has 1 aromatic heterocycles. The minimum Gasteiger partial charge on any atom is -0.390 e. The van der Waals surface area contributed by atoms with Crippen LogP contribution >= 0.6 is 11.8 Å². The normalized spacial score (nSPS) is 12.9. The number of thioether (sulfide) groups is 1. The zero-order valence-corrected chi connectivity index (χ0v) is 10.3. The molecule has 0 spiro atoms.